The largest absolute Gasteiger partial charge is 2.00 e. The second-order valence-electron chi connectivity index (χ2n) is 4.32. The Balaban J connectivity index is 0.000000403. The summed E-state index contributed by atoms with van der Waals surface area (Å²) in [4.78, 5) is 3.59. The number of benzene rings is 2. The summed E-state index contributed by atoms with van der Waals surface area (Å²) in [5, 5.41) is 0. The van der Waals surface area contributed by atoms with Gasteiger partial charge in [-0.25, -0.2) is 0 Å². The van der Waals surface area contributed by atoms with Crippen molar-refractivity contribution in [3.05, 3.63) is 60.7 Å². The Morgan fingerprint density at radius 2 is 0.957 bits per heavy atom. The molecule has 0 saturated carbocycles. The van der Waals surface area contributed by atoms with Crippen LogP contribution in [0.15, 0.2) is 60.7 Å². The second-order valence-corrected chi connectivity index (χ2v) is 6.38. The van der Waals surface area contributed by atoms with Crippen molar-refractivity contribution in [1.29, 1.82) is 0 Å². The maximum atomic E-state index is 4.84. The van der Waals surface area contributed by atoms with Crippen LogP contribution >= 0.6 is 24.4 Å². The van der Waals surface area contributed by atoms with Gasteiger partial charge in [0.25, 0.3) is 0 Å². The predicted molar refractivity (Wildman–Crippen MR) is 110 cm³/mol. The molecule has 0 aliphatic heterocycles. The predicted octanol–water partition coefficient (Wildman–Crippen LogP) is 3.91. The fourth-order valence-electron chi connectivity index (χ4n) is 1.51. The van der Waals surface area contributed by atoms with Crippen molar-refractivity contribution in [2.24, 2.45) is 0 Å². The molecular weight excluding hydrogens is 461 g/mol. The van der Waals surface area contributed by atoms with Gasteiger partial charge >= 0.3 is 27.3 Å². The molecule has 0 N–H and O–H groups in total. The average Bonchev–Trinajstić information content (AvgIpc) is 2.55. The van der Waals surface area contributed by atoms with E-state index in [-0.39, 0.29) is 27.3 Å². The third-order valence-electron chi connectivity index (χ3n) is 2.83. The first-order chi connectivity index (χ1) is 10.4. The zero-order valence-electron chi connectivity index (χ0n) is 13.0. The fourth-order valence-corrected chi connectivity index (χ4v) is 1.94. The fraction of sp³-hybridized carbons (Fsp3) is 0.125. The minimum atomic E-state index is 0. The standard InChI is InChI=1S/2C8H9NS2.Cd/c2*1-9(8(10)11)7-5-3-2-4-6-7;/h2*2-6H,1H3,(H,10,11);/q;;+2/p-2. The molecule has 2 rings (SSSR count). The zero-order valence-corrected chi connectivity index (χ0v) is 20.3. The molecule has 0 aliphatic carbocycles. The van der Waals surface area contributed by atoms with E-state index in [1.807, 2.05) is 74.8 Å². The summed E-state index contributed by atoms with van der Waals surface area (Å²) in [5.74, 6) is 0. The summed E-state index contributed by atoms with van der Waals surface area (Å²) in [5.41, 5.74) is 2.07. The van der Waals surface area contributed by atoms with Gasteiger partial charge in [-0.15, -0.1) is 0 Å². The van der Waals surface area contributed by atoms with Crippen molar-refractivity contribution < 1.29 is 27.3 Å². The van der Waals surface area contributed by atoms with Crippen LogP contribution in [0.25, 0.3) is 0 Å². The van der Waals surface area contributed by atoms with E-state index in [9.17, 15) is 0 Å². The van der Waals surface area contributed by atoms with E-state index in [2.05, 4.69) is 0 Å². The Hall–Kier alpha value is -0.418. The summed E-state index contributed by atoms with van der Waals surface area (Å²) >= 11 is 19.4. The van der Waals surface area contributed by atoms with Crippen LogP contribution in [-0.4, -0.2) is 22.7 Å². The van der Waals surface area contributed by atoms with Crippen LogP contribution < -0.4 is 9.80 Å². The van der Waals surface area contributed by atoms with Crippen LogP contribution in [0.1, 0.15) is 0 Å². The van der Waals surface area contributed by atoms with Crippen molar-refractivity contribution in [3.8, 4) is 0 Å². The van der Waals surface area contributed by atoms with E-state index in [1.165, 1.54) is 0 Å². The third-order valence-corrected chi connectivity index (χ3v) is 3.93. The molecule has 0 bridgehead atoms. The van der Waals surface area contributed by atoms with Gasteiger partial charge in [-0.05, 0) is 24.3 Å². The van der Waals surface area contributed by atoms with Crippen LogP contribution in [0.3, 0.4) is 0 Å². The van der Waals surface area contributed by atoms with Crippen LogP contribution in [0.2, 0.25) is 0 Å². The first-order valence-corrected chi connectivity index (χ1v) is 8.06. The van der Waals surface area contributed by atoms with Gasteiger partial charge in [0, 0.05) is 25.5 Å². The number of para-hydroxylation sites is 2. The third kappa shape index (κ3) is 8.30. The molecule has 0 aliphatic rings. The van der Waals surface area contributed by atoms with Crippen LogP contribution in [0, 0.1) is 0 Å². The maximum Gasteiger partial charge on any atom is 2.00 e. The van der Waals surface area contributed by atoms with Gasteiger partial charge in [0.15, 0.2) is 0 Å². The molecule has 2 aromatic rings. The topological polar surface area (TPSA) is 6.48 Å². The first kappa shape index (κ1) is 22.6. The summed E-state index contributed by atoms with van der Waals surface area (Å²) in [6.07, 6.45) is 0. The number of anilines is 2. The van der Waals surface area contributed by atoms with Gasteiger partial charge < -0.3 is 59.5 Å². The Morgan fingerprint density at radius 3 is 1.17 bits per heavy atom. The molecule has 0 spiro atoms. The van der Waals surface area contributed by atoms with E-state index < -0.39 is 0 Å². The average molecular weight is 477 g/mol. The Kier molecular flexibility index (Phi) is 11.8. The quantitative estimate of drug-likeness (QED) is 0.366. The molecule has 0 aromatic heterocycles. The molecule has 0 amide bonds. The van der Waals surface area contributed by atoms with Crippen LogP contribution in [0.5, 0.6) is 0 Å². The van der Waals surface area contributed by atoms with Gasteiger partial charge in [-0.1, -0.05) is 45.0 Å². The van der Waals surface area contributed by atoms with Crippen molar-refractivity contribution in [2.75, 3.05) is 23.9 Å². The number of hydrogen-bond acceptors (Lipinski definition) is 4. The Morgan fingerprint density at radius 1 is 0.696 bits per heavy atom. The second kappa shape index (κ2) is 12.0. The molecule has 116 valence electrons. The van der Waals surface area contributed by atoms with Crippen molar-refractivity contribution in [1.82, 2.24) is 0 Å². The summed E-state index contributed by atoms with van der Waals surface area (Å²) < 4.78 is 0.937. The van der Waals surface area contributed by atoms with E-state index >= 15 is 0 Å². The Labute approximate surface area is 180 Å². The number of nitrogens with zero attached hydrogens (tertiary/aromatic N) is 2. The van der Waals surface area contributed by atoms with E-state index in [4.69, 9.17) is 49.7 Å². The minimum Gasteiger partial charge on any atom is -0.411 e. The molecule has 0 saturated heterocycles. The maximum absolute atomic E-state index is 4.84. The summed E-state index contributed by atoms with van der Waals surface area (Å²) in [7, 11) is 3.73. The smallest absolute Gasteiger partial charge is 0.411 e. The molecule has 2 nitrogen and oxygen atoms in total. The zero-order chi connectivity index (χ0) is 16.5. The van der Waals surface area contributed by atoms with Gasteiger partial charge in [-0.3, -0.25) is 0 Å². The molecule has 7 heteroatoms. The van der Waals surface area contributed by atoms with E-state index in [0.29, 0.717) is 8.64 Å². The first-order valence-electron chi connectivity index (χ1n) is 6.43. The number of hydrogen-bond donors (Lipinski definition) is 0. The van der Waals surface area contributed by atoms with E-state index in [0.717, 1.165) is 11.4 Å². The molecule has 0 heterocycles. The molecule has 0 unspecified atom stereocenters. The number of thiocarbonyl (C=S) groups is 2. The van der Waals surface area contributed by atoms with Crippen LogP contribution in [-0.2, 0) is 52.6 Å². The van der Waals surface area contributed by atoms with Crippen molar-refractivity contribution >= 4 is 69.7 Å². The minimum absolute atomic E-state index is 0. The molecule has 0 atom stereocenters. The summed E-state index contributed by atoms with van der Waals surface area (Å²) in [6.45, 7) is 0. The molecule has 0 radical (unpaired) electrons. The van der Waals surface area contributed by atoms with Crippen molar-refractivity contribution in [3.63, 3.8) is 0 Å². The molecule has 23 heavy (non-hydrogen) atoms. The Bertz CT molecular complexity index is 552. The van der Waals surface area contributed by atoms with Gasteiger partial charge in [0.2, 0.25) is 0 Å². The van der Waals surface area contributed by atoms with Gasteiger partial charge in [-0.2, -0.15) is 0 Å². The summed E-state index contributed by atoms with van der Waals surface area (Å²) in [6, 6.07) is 19.6. The normalized spacial score (nSPS) is 8.78. The molecule has 0 fully saturated rings. The number of rotatable bonds is 2. The van der Waals surface area contributed by atoms with E-state index in [1.54, 1.807) is 9.80 Å². The molecule has 2 aromatic carbocycles. The monoisotopic (exact) mass is 478 g/mol. The van der Waals surface area contributed by atoms with Gasteiger partial charge in [0.1, 0.15) is 0 Å². The van der Waals surface area contributed by atoms with Crippen LogP contribution in [0.4, 0.5) is 11.4 Å². The molecular formula is C16H16CdN2S4. The SMILES string of the molecule is CN(C(=S)[S-])c1ccccc1.CN(C(=S)[S-])c1ccccc1.[Cd+2]. The van der Waals surface area contributed by atoms with Crippen molar-refractivity contribution in [2.45, 2.75) is 0 Å². The van der Waals surface area contributed by atoms with Gasteiger partial charge in [0.05, 0.1) is 0 Å².